The number of nitrogens with zero attached hydrogens (tertiary/aromatic N) is 2. The smallest absolute Gasteiger partial charge is 0.244 e. The van der Waals surface area contributed by atoms with Crippen LogP contribution >= 0.6 is 15.9 Å². The normalized spacial score (nSPS) is 14.7. The number of carbonyl (C=O) groups is 2. The van der Waals surface area contributed by atoms with Crippen molar-refractivity contribution in [2.45, 2.75) is 64.1 Å². The van der Waals surface area contributed by atoms with Crippen molar-refractivity contribution in [1.82, 2.24) is 10.2 Å². The van der Waals surface area contributed by atoms with E-state index in [4.69, 9.17) is 0 Å². The molecule has 9 heteroatoms. The molecule has 0 saturated heterocycles. The van der Waals surface area contributed by atoms with Crippen molar-refractivity contribution in [3.8, 4) is 0 Å². The summed E-state index contributed by atoms with van der Waals surface area (Å²) >= 11 is 3.40. The van der Waals surface area contributed by atoms with Gasteiger partial charge in [-0.2, -0.15) is 0 Å². The average molecular weight is 641 g/mol. The van der Waals surface area contributed by atoms with E-state index in [9.17, 15) is 18.0 Å². The zero-order valence-corrected chi connectivity index (χ0v) is 26.0. The highest BCUT2D eigenvalue weighted by Gasteiger charge is 2.34. The number of nitrogens with one attached hydrogen (secondary N) is 1. The molecule has 1 atom stereocenters. The highest BCUT2D eigenvalue weighted by molar-refractivity contribution is 9.10. The van der Waals surface area contributed by atoms with Crippen LogP contribution in [0.2, 0.25) is 0 Å². The highest BCUT2D eigenvalue weighted by atomic mass is 79.9. The van der Waals surface area contributed by atoms with Crippen molar-refractivity contribution in [3.63, 3.8) is 0 Å². The Balaban J connectivity index is 1.73. The molecule has 0 heterocycles. The van der Waals surface area contributed by atoms with Crippen LogP contribution in [0, 0.1) is 6.92 Å². The van der Waals surface area contributed by atoms with Gasteiger partial charge in [0.15, 0.2) is 0 Å². The van der Waals surface area contributed by atoms with E-state index in [1.165, 1.54) is 0 Å². The average Bonchev–Trinajstić information content (AvgIpc) is 2.95. The number of aryl methyl sites for hydroxylation is 1. The molecule has 1 fully saturated rings. The van der Waals surface area contributed by atoms with E-state index in [0.29, 0.717) is 16.6 Å². The van der Waals surface area contributed by atoms with Gasteiger partial charge < -0.3 is 10.2 Å². The minimum Gasteiger partial charge on any atom is -0.352 e. The maximum absolute atomic E-state index is 14.2. The summed E-state index contributed by atoms with van der Waals surface area (Å²) in [7, 11) is -3.81. The molecule has 0 spiro atoms. The number of amides is 2. The summed E-state index contributed by atoms with van der Waals surface area (Å²) in [5, 5.41) is 3.23. The number of hydrogen-bond acceptors (Lipinski definition) is 4. The molecule has 0 radical (unpaired) electrons. The van der Waals surface area contributed by atoms with Crippen LogP contribution in [0.5, 0.6) is 0 Å². The van der Waals surface area contributed by atoms with Crippen molar-refractivity contribution in [2.75, 3.05) is 17.1 Å². The number of anilines is 1. The number of benzene rings is 3. The minimum atomic E-state index is -3.81. The Morgan fingerprint density at radius 1 is 0.951 bits per heavy atom. The van der Waals surface area contributed by atoms with Gasteiger partial charge in [0, 0.05) is 23.5 Å². The first kappa shape index (κ1) is 30.8. The molecule has 41 heavy (non-hydrogen) atoms. The monoisotopic (exact) mass is 639 g/mol. The van der Waals surface area contributed by atoms with E-state index in [-0.39, 0.29) is 18.5 Å². The summed E-state index contributed by atoms with van der Waals surface area (Å²) in [6.45, 7) is 1.72. The van der Waals surface area contributed by atoms with Gasteiger partial charge in [-0.3, -0.25) is 13.9 Å². The first-order valence-electron chi connectivity index (χ1n) is 14.0. The molecule has 1 saturated carbocycles. The van der Waals surface area contributed by atoms with Gasteiger partial charge in [-0.1, -0.05) is 95.9 Å². The summed E-state index contributed by atoms with van der Waals surface area (Å²) in [4.78, 5) is 29.8. The van der Waals surface area contributed by atoms with Crippen LogP contribution in [0.15, 0.2) is 83.3 Å². The van der Waals surface area contributed by atoms with Crippen molar-refractivity contribution in [2.24, 2.45) is 0 Å². The standard InChI is InChI=1S/C32H38BrN3O4S/c1-24-12-9-10-15-26(24)22-35(31(37)23-36(41(2,39)40)29-19-11-16-27(33)21-29)30(20-25-13-5-3-6-14-25)32(38)34-28-17-7-4-8-18-28/h3,5-6,9-16,19,21,28,30H,4,7-8,17-18,20,22-23H2,1-2H3,(H,34,38). The zero-order chi connectivity index (χ0) is 29.4. The molecule has 1 aliphatic carbocycles. The molecule has 1 unspecified atom stereocenters. The SMILES string of the molecule is Cc1ccccc1CN(C(=O)CN(c1cccc(Br)c1)S(C)(=O)=O)C(Cc1ccccc1)C(=O)NC1CCCCC1. The highest BCUT2D eigenvalue weighted by Crippen LogP contribution is 2.24. The topological polar surface area (TPSA) is 86.8 Å². The van der Waals surface area contributed by atoms with Crippen molar-refractivity contribution >= 4 is 43.5 Å². The van der Waals surface area contributed by atoms with Gasteiger partial charge in [-0.05, 0) is 54.7 Å². The van der Waals surface area contributed by atoms with E-state index < -0.39 is 28.5 Å². The first-order valence-corrected chi connectivity index (χ1v) is 16.7. The van der Waals surface area contributed by atoms with Crippen LogP contribution in [0.1, 0.15) is 48.8 Å². The number of halogens is 1. The maximum Gasteiger partial charge on any atom is 0.244 e. The van der Waals surface area contributed by atoms with Gasteiger partial charge in [0.2, 0.25) is 21.8 Å². The van der Waals surface area contributed by atoms with Gasteiger partial charge in [0.25, 0.3) is 0 Å². The second-order valence-corrected chi connectivity index (χ2v) is 13.6. The molecule has 7 nitrogen and oxygen atoms in total. The molecule has 3 aromatic rings. The van der Waals surface area contributed by atoms with Crippen LogP contribution in [0.3, 0.4) is 0 Å². The third-order valence-corrected chi connectivity index (χ3v) is 9.23. The Labute approximate surface area is 252 Å². The van der Waals surface area contributed by atoms with Crippen LogP contribution in [0.4, 0.5) is 5.69 Å². The molecular weight excluding hydrogens is 602 g/mol. The fourth-order valence-electron chi connectivity index (χ4n) is 5.31. The summed E-state index contributed by atoms with van der Waals surface area (Å²) in [5.74, 6) is -0.658. The fourth-order valence-corrected chi connectivity index (χ4v) is 6.54. The third kappa shape index (κ3) is 8.66. The van der Waals surface area contributed by atoms with E-state index >= 15 is 0 Å². The summed E-state index contributed by atoms with van der Waals surface area (Å²) < 4.78 is 27.7. The molecule has 0 bridgehead atoms. The lowest BCUT2D eigenvalue weighted by Crippen LogP contribution is -2.55. The quantitative estimate of drug-likeness (QED) is 0.295. The zero-order valence-electron chi connectivity index (χ0n) is 23.6. The lowest BCUT2D eigenvalue weighted by Gasteiger charge is -2.35. The fraction of sp³-hybridized carbons (Fsp3) is 0.375. The van der Waals surface area contributed by atoms with Crippen molar-refractivity contribution < 1.29 is 18.0 Å². The van der Waals surface area contributed by atoms with Gasteiger partial charge in [-0.15, -0.1) is 0 Å². The van der Waals surface area contributed by atoms with E-state index in [1.807, 2.05) is 61.5 Å². The van der Waals surface area contributed by atoms with E-state index in [1.54, 1.807) is 29.2 Å². The summed E-state index contributed by atoms with van der Waals surface area (Å²) in [5.41, 5.74) is 3.18. The molecule has 218 valence electrons. The number of sulfonamides is 1. The predicted molar refractivity (Wildman–Crippen MR) is 167 cm³/mol. The molecule has 1 aliphatic rings. The Morgan fingerprint density at radius 3 is 2.29 bits per heavy atom. The molecule has 3 aromatic carbocycles. The molecule has 1 N–H and O–H groups in total. The van der Waals surface area contributed by atoms with Gasteiger partial charge in [0.05, 0.1) is 11.9 Å². The van der Waals surface area contributed by atoms with Crippen LogP contribution in [-0.2, 0) is 32.6 Å². The predicted octanol–water partition coefficient (Wildman–Crippen LogP) is 5.61. The van der Waals surface area contributed by atoms with Gasteiger partial charge >= 0.3 is 0 Å². The summed E-state index contributed by atoms with van der Waals surface area (Å²) in [6, 6.07) is 23.5. The molecule has 2 amide bonds. The van der Waals surface area contributed by atoms with Crippen LogP contribution in [0.25, 0.3) is 0 Å². The Kier molecular flexibility index (Phi) is 10.6. The lowest BCUT2D eigenvalue weighted by molar-refractivity contribution is -0.140. The summed E-state index contributed by atoms with van der Waals surface area (Å²) in [6.07, 6.45) is 6.53. The molecule has 0 aromatic heterocycles. The molecular formula is C32H38BrN3O4S. The maximum atomic E-state index is 14.2. The second kappa shape index (κ2) is 14.1. The molecule has 4 rings (SSSR count). The Bertz CT molecular complexity index is 1440. The van der Waals surface area contributed by atoms with Crippen molar-refractivity contribution in [3.05, 3.63) is 100 Å². The third-order valence-electron chi connectivity index (χ3n) is 7.60. The lowest BCUT2D eigenvalue weighted by atomic mass is 9.94. The Hall–Kier alpha value is -3.17. The minimum absolute atomic E-state index is 0.0686. The van der Waals surface area contributed by atoms with Crippen LogP contribution in [-0.4, -0.2) is 50.0 Å². The number of rotatable bonds is 11. The number of hydrogen-bond donors (Lipinski definition) is 1. The van der Waals surface area contributed by atoms with E-state index in [0.717, 1.165) is 59.4 Å². The van der Waals surface area contributed by atoms with Crippen LogP contribution < -0.4 is 9.62 Å². The number of carbonyl (C=O) groups excluding carboxylic acids is 2. The Morgan fingerprint density at radius 2 is 1.63 bits per heavy atom. The first-order chi connectivity index (χ1) is 19.6. The largest absolute Gasteiger partial charge is 0.352 e. The van der Waals surface area contributed by atoms with E-state index in [2.05, 4.69) is 21.2 Å². The van der Waals surface area contributed by atoms with Gasteiger partial charge in [0.1, 0.15) is 12.6 Å². The molecule has 0 aliphatic heterocycles. The van der Waals surface area contributed by atoms with Gasteiger partial charge in [-0.25, -0.2) is 8.42 Å². The van der Waals surface area contributed by atoms with Crippen molar-refractivity contribution in [1.29, 1.82) is 0 Å². The second-order valence-electron chi connectivity index (χ2n) is 10.7.